The molecule has 1 aliphatic heterocycles. The highest BCUT2D eigenvalue weighted by Crippen LogP contribution is 2.22. The average molecular weight is 394 g/mol. The maximum atomic E-state index is 10.2. The van der Waals surface area contributed by atoms with E-state index in [0.29, 0.717) is 4.48 Å². The number of nitrogens with zero attached hydrogens (tertiary/aromatic N) is 2. The molecule has 0 amide bonds. The number of aliphatic hydroxyl groups excluding tert-OH is 1. The topological polar surface area (TPSA) is 32.6 Å². The van der Waals surface area contributed by atoms with Gasteiger partial charge in [-0.3, -0.25) is 4.48 Å². The first-order valence-corrected chi connectivity index (χ1v) is 12.4. The quantitative estimate of drug-likeness (QED) is 0.152. The molecule has 3 nitrogen and oxygen atoms in total. The van der Waals surface area contributed by atoms with E-state index in [0.717, 1.165) is 26.1 Å². The second-order valence-corrected chi connectivity index (χ2v) is 8.69. The van der Waals surface area contributed by atoms with Crippen LogP contribution in [0, 0.1) is 0 Å². The Kier molecular flexibility index (Phi) is 14.6. The summed E-state index contributed by atoms with van der Waals surface area (Å²) in [6, 6.07) is 0. The second kappa shape index (κ2) is 16.2. The lowest BCUT2D eigenvalue weighted by molar-refractivity contribution is -0.882. The lowest BCUT2D eigenvalue weighted by atomic mass is 10.1. The molecule has 1 heterocycles. The first kappa shape index (κ1) is 25.4. The number of quaternary nitrogens is 1. The van der Waals surface area contributed by atoms with E-state index in [4.69, 9.17) is 4.99 Å². The Morgan fingerprint density at radius 1 is 0.857 bits per heavy atom. The third kappa shape index (κ3) is 9.69. The Labute approximate surface area is 175 Å². The summed E-state index contributed by atoms with van der Waals surface area (Å²) in [7, 11) is 0. The van der Waals surface area contributed by atoms with Crippen LogP contribution in [-0.2, 0) is 0 Å². The van der Waals surface area contributed by atoms with E-state index in [1.807, 2.05) is 6.92 Å². The predicted octanol–water partition coefficient (Wildman–Crippen LogP) is 7.00. The number of aliphatic hydroxyl groups is 1. The molecule has 0 aromatic heterocycles. The number of rotatable bonds is 18. The molecule has 164 valence electrons. The fraction of sp³-hybridized carbons (Fsp3) is 0.880. The number of hydrogen-bond acceptors (Lipinski definition) is 2. The predicted molar refractivity (Wildman–Crippen MR) is 124 cm³/mol. The fourth-order valence-corrected chi connectivity index (χ4v) is 4.47. The Hall–Kier alpha value is -0.670. The Bertz CT molecular complexity index is 430. The van der Waals surface area contributed by atoms with Crippen molar-refractivity contribution >= 4 is 5.84 Å². The Balaban J connectivity index is 1.93. The highest BCUT2D eigenvalue weighted by atomic mass is 16.3. The number of unbranched alkanes of at least 4 members (excludes halogenated alkanes) is 12. The summed E-state index contributed by atoms with van der Waals surface area (Å²) in [5, 5.41) is 10.2. The highest BCUT2D eigenvalue weighted by Gasteiger charge is 2.40. The summed E-state index contributed by atoms with van der Waals surface area (Å²) in [5.74, 6) is 1.23. The molecule has 0 radical (unpaired) electrons. The lowest BCUT2D eigenvalue weighted by Gasteiger charge is -2.36. The fourth-order valence-electron chi connectivity index (χ4n) is 4.47. The van der Waals surface area contributed by atoms with Gasteiger partial charge in [-0.1, -0.05) is 76.9 Å². The van der Waals surface area contributed by atoms with Crippen molar-refractivity contribution in [3.05, 3.63) is 12.2 Å². The molecule has 28 heavy (non-hydrogen) atoms. The molecule has 0 saturated heterocycles. The van der Waals surface area contributed by atoms with Crippen LogP contribution >= 0.6 is 0 Å². The summed E-state index contributed by atoms with van der Waals surface area (Å²) in [6.07, 6.45) is 24.5. The summed E-state index contributed by atoms with van der Waals surface area (Å²) < 4.78 is 0.707. The zero-order valence-electron chi connectivity index (χ0n) is 19.3. The minimum atomic E-state index is -0.324. The first-order valence-electron chi connectivity index (χ1n) is 12.4. The molecule has 3 heteroatoms. The van der Waals surface area contributed by atoms with Gasteiger partial charge in [0.25, 0.3) is 0 Å². The molecule has 1 N–H and O–H groups in total. The van der Waals surface area contributed by atoms with Crippen molar-refractivity contribution in [2.24, 2.45) is 4.99 Å². The van der Waals surface area contributed by atoms with Crippen LogP contribution < -0.4 is 0 Å². The van der Waals surface area contributed by atoms with E-state index in [2.05, 4.69) is 26.0 Å². The maximum Gasteiger partial charge on any atom is 0.200 e. The monoisotopic (exact) mass is 393 g/mol. The van der Waals surface area contributed by atoms with Crippen LogP contribution in [0.5, 0.6) is 0 Å². The number of amidine groups is 1. The van der Waals surface area contributed by atoms with Crippen molar-refractivity contribution in [3.63, 3.8) is 0 Å². The van der Waals surface area contributed by atoms with Crippen molar-refractivity contribution < 1.29 is 9.59 Å². The minimum absolute atomic E-state index is 0.324. The summed E-state index contributed by atoms with van der Waals surface area (Å²) in [6.45, 7) is 9.20. The van der Waals surface area contributed by atoms with E-state index in [-0.39, 0.29) is 6.23 Å². The van der Waals surface area contributed by atoms with Gasteiger partial charge in [-0.25, -0.2) is 4.99 Å². The van der Waals surface area contributed by atoms with Crippen LogP contribution in [0.2, 0.25) is 0 Å². The first-order chi connectivity index (χ1) is 13.7. The van der Waals surface area contributed by atoms with Gasteiger partial charge in [-0.2, -0.15) is 0 Å². The number of aliphatic imine (C=N–C) groups is 1. The van der Waals surface area contributed by atoms with Gasteiger partial charge in [0.05, 0.1) is 13.1 Å². The molecule has 2 unspecified atom stereocenters. The average Bonchev–Trinajstić information content (AvgIpc) is 3.12. The molecular formula is C25H49N2O+. The molecule has 1 aliphatic rings. The Morgan fingerprint density at radius 3 is 1.93 bits per heavy atom. The van der Waals surface area contributed by atoms with E-state index >= 15 is 0 Å². The SMILES string of the molecule is CCCCCCCCCCC/C=C/CCCCCC1=NCC[N+]1(CC)C(C)O. The van der Waals surface area contributed by atoms with Gasteiger partial charge in [0.2, 0.25) is 5.84 Å². The van der Waals surface area contributed by atoms with Gasteiger partial charge in [-0.05, 0) is 39.0 Å². The molecule has 0 saturated carbocycles. The molecule has 0 bridgehead atoms. The molecule has 2 atom stereocenters. The lowest BCUT2D eigenvalue weighted by Crippen LogP contribution is -2.56. The van der Waals surface area contributed by atoms with Gasteiger partial charge < -0.3 is 5.11 Å². The van der Waals surface area contributed by atoms with Crippen LogP contribution in [-0.4, -0.2) is 41.3 Å². The van der Waals surface area contributed by atoms with Crippen molar-refractivity contribution in [1.82, 2.24) is 0 Å². The van der Waals surface area contributed by atoms with Crippen LogP contribution in [0.3, 0.4) is 0 Å². The summed E-state index contributed by atoms with van der Waals surface area (Å²) in [4.78, 5) is 4.70. The van der Waals surface area contributed by atoms with E-state index in [1.54, 1.807) is 0 Å². The smallest absolute Gasteiger partial charge is 0.200 e. The third-order valence-corrected chi connectivity index (χ3v) is 6.50. The zero-order valence-corrected chi connectivity index (χ0v) is 19.3. The normalized spacial score (nSPS) is 20.8. The van der Waals surface area contributed by atoms with Gasteiger partial charge in [0.1, 0.15) is 6.54 Å². The molecule has 0 fully saturated rings. The van der Waals surface area contributed by atoms with Crippen LogP contribution in [0.15, 0.2) is 17.1 Å². The minimum Gasteiger partial charge on any atom is -0.345 e. The number of hydrogen-bond donors (Lipinski definition) is 1. The third-order valence-electron chi connectivity index (χ3n) is 6.50. The molecule has 0 aromatic carbocycles. The van der Waals surface area contributed by atoms with Crippen LogP contribution in [0.4, 0.5) is 0 Å². The van der Waals surface area contributed by atoms with Crippen molar-refractivity contribution in [2.75, 3.05) is 19.6 Å². The molecule has 0 spiro atoms. The number of likely N-dealkylation sites (N-methyl/N-ethyl adjacent to an activating group) is 1. The van der Waals surface area contributed by atoms with Crippen LogP contribution in [0.25, 0.3) is 0 Å². The highest BCUT2D eigenvalue weighted by molar-refractivity contribution is 5.76. The zero-order chi connectivity index (χ0) is 20.5. The largest absolute Gasteiger partial charge is 0.345 e. The van der Waals surface area contributed by atoms with Gasteiger partial charge in [0.15, 0.2) is 6.23 Å². The van der Waals surface area contributed by atoms with E-state index < -0.39 is 0 Å². The van der Waals surface area contributed by atoms with Gasteiger partial charge in [0, 0.05) is 13.3 Å². The standard InChI is InChI=1S/C25H49N2O/c1-4-6-7-8-9-10-11-12-13-14-15-16-17-18-19-20-21-25-26-22-23-27(25,5-2)24(3)28/h15-16,24,28H,4-14,17-23H2,1-3H3/q+1/b16-15+. The van der Waals surface area contributed by atoms with Gasteiger partial charge in [-0.15, -0.1) is 0 Å². The Morgan fingerprint density at radius 2 is 1.39 bits per heavy atom. The van der Waals surface area contributed by atoms with Crippen LogP contribution in [0.1, 0.15) is 117 Å². The molecule has 0 aromatic rings. The van der Waals surface area contributed by atoms with E-state index in [1.165, 1.54) is 95.7 Å². The van der Waals surface area contributed by atoms with Crippen molar-refractivity contribution in [3.8, 4) is 0 Å². The van der Waals surface area contributed by atoms with Crippen molar-refractivity contribution in [2.45, 2.75) is 123 Å². The molecule has 1 rings (SSSR count). The summed E-state index contributed by atoms with van der Waals surface area (Å²) >= 11 is 0. The number of allylic oxidation sites excluding steroid dienone is 2. The van der Waals surface area contributed by atoms with Gasteiger partial charge >= 0.3 is 0 Å². The second-order valence-electron chi connectivity index (χ2n) is 8.69. The van der Waals surface area contributed by atoms with E-state index in [9.17, 15) is 5.11 Å². The maximum absolute atomic E-state index is 10.2. The summed E-state index contributed by atoms with van der Waals surface area (Å²) in [5.41, 5.74) is 0. The molecule has 0 aliphatic carbocycles. The van der Waals surface area contributed by atoms with Crippen molar-refractivity contribution in [1.29, 1.82) is 0 Å². The molecular weight excluding hydrogens is 344 g/mol.